The molecule has 0 fully saturated rings. The number of rotatable bonds is 4. The molecule has 0 saturated heterocycles. The number of carbonyl (C=O) groups is 3. The van der Waals surface area contributed by atoms with Crippen LogP contribution in [0.3, 0.4) is 0 Å². The van der Waals surface area contributed by atoms with Crippen LogP contribution in [-0.4, -0.2) is 22.6 Å². The molecule has 0 aromatic heterocycles. The molecule has 84 valence electrons. The molecular formula is C11H9ClO4. The topological polar surface area (TPSA) is 71.4 Å². The van der Waals surface area contributed by atoms with E-state index in [0.29, 0.717) is 0 Å². The quantitative estimate of drug-likeness (QED) is 0.647. The van der Waals surface area contributed by atoms with Crippen LogP contribution in [0, 0.1) is 0 Å². The predicted molar refractivity (Wildman–Crippen MR) is 58.0 cm³/mol. The Morgan fingerprint density at radius 1 is 1.31 bits per heavy atom. The van der Waals surface area contributed by atoms with Crippen molar-refractivity contribution < 1.29 is 19.5 Å². The van der Waals surface area contributed by atoms with Gasteiger partial charge >= 0.3 is 5.97 Å². The normalized spacial score (nSPS) is 9.88. The number of carboxylic acid groups (broad SMARTS) is 1. The van der Waals surface area contributed by atoms with Gasteiger partial charge in [-0.25, -0.2) is 4.79 Å². The van der Waals surface area contributed by atoms with Crippen molar-refractivity contribution in [2.24, 2.45) is 0 Å². The summed E-state index contributed by atoms with van der Waals surface area (Å²) >= 11 is 5.76. The van der Waals surface area contributed by atoms with E-state index in [9.17, 15) is 14.4 Å². The molecule has 0 aliphatic rings. The summed E-state index contributed by atoms with van der Waals surface area (Å²) in [4.78, 5) is 32.9. The molecule has 0 spiro atoms. The van der Waals surface area contributed by atoms with Gasteiger partial charge in [0.2, 0.25) is 0 Å². The minimum Gasteiger partial charge on any atom is -0.478 e. The molecule has 0 aliphatic carbocycles. The van der Waals surface area contributed by atoms with Crippen LogP contribution < -0.4 is 0 Å². The average Bonchev–Trinajstić information content (AvgIpc) is 2.15. The number of ketones is 2. The Bertz CT molecular complexity index is 465. The Labute approximate surface area is 96.8 Å². The fourth-order valence-electron chi connectivity index (χ4n) is 1.20. The van der Waals surface area contributed by atoms with Crippen LogP contribution in [0.1, 0.15) is 34.1 Å². The number of carbonyl (C=O) groups excluding carboxylic acids is 2. The summed E-state index contributed by atoms with van der Waals surface area (Å²) in [6.07, 6.45) is -0.230. The van der Waals surface area contributed by atoms with E-state index < -0.39 is 11.8 Å². The first-order valence-corrected chi connectivity index (χ1v) is 4.85. The number of hydrogen-bond donors (Lipinski definition) is 1. The van der Waals surface area contributed by atoms with Gasteiger partial charge in [-0.05, 0) is 25.1 Å². The summed E-state index contributed by atoms with van der Waals surface area (Å²) in [6.45, 7) is 1.30. The molecule has 1 aromatic rings. The summed E-state index contributed by atoms with van der Waals surface area (Å²) in [7, 11) is 0. The highest BCUT2D eigenvalue weighted by molar-refractivity contribution is 6.34. The Morgan fingerprint density at radius 3 is 2.38 bits per heavy atom. The Balaban J connectivity index is 3.03. The second-order valence-electron chi connectivity index (χ2n) is 3.30. The maximum Gasteiger partial charge on any atom is 0.335 e. The lowest BCUT2D eigenvalue weighted by atomic mass is 10.0. The third kappa shape index (κ3) is 2.90. The van der Waals surface area contributed by atoms with Crippen LogP contribution >= 0.6 is 11.6 Å². The van der Waals surface area contributed by atoms with Crippen LogP contribution in [0.2, 0.25) is 5.02 Å². The van der Waals surface area contributed by atoms with E-state index in [1.165, 1.54) is 25.1 Å². The van der Waals surface area contributed by atoms with Gasteiger partial charge in [-0.15, -0.1) is 0 Å². The molecule has 0 aliphatic heterocycles. The lowest BCUT2D eigenvalue weighted by Gasteiger charge is -2.03. The Morgan fingerprint density at radius 2 is 1.94 bits per heavy atom. The zero-order valence-electron chi connectivity index (χ0n) is 8.49. The van der Waals surface area contributed by atoms with E-state index in [1.807, 2.05) is 0 Å². The van der Waals surface area contributed by atoms with Crippen molar-refractivity contribution in [1.82, 2.24) is 0 Å². The van der Waals surface area contributed by atoms with Crippen LogP contribution in [0.25, 0.3) is 0 Å². The molecule has 1 aromatic carbocycles. The van der Waals surface area contributed by atoms with Gasteiger partial charge < -0.3 is 5.11 Å². The van der Waals surface area contributed by atoms with E-state index in [-0.39, 0.29) is 28.4 Å². The molecule has 0 bridgehead atoms. The standard InChI is InChI=1S/C11H9ClO4/c1-6(13)4-10(14)8-3-2-7(11(15)16)5-9(8)12/h2-3,5H,4H2,1H3,(H,15,16). The largest absolute Gasteiger partial charge is 0.478 e. The minimum absolute atomic E-state index is 0.00405. The van der Waals surface area contributed by atoms with E-state index in [0.717, 1.165) is 0 Å². The minimum atomic E-state index is -1.12. The highest BCUT2D eigenvalue weighted by Gasteiger charge is 2.14. The lowest BCUT2D eigenvalue weighted by molar-refractivity contribution is -0.116. The molecule has 5 heteroatoms. The number of halogens is 1. The summed E-state index contributed by atoms with van der Waals surface area (Å²) in [5.41, 5.74) is 0.172. The van der Waals surface area contributed by atoms with Crippen LogP contribution in [0.15, 0.2) is 18.2 Å². The van der Waals surface area contributed by atoms with Crippen molar-refractivity contribution in [3.05, 3.63) is 34.3 Å². The third-order valence-corrected chi connectivity index (χ3v) is 2.24. The molecule has 0 unspecified atom stereocenters. The van der Waals surface area contributed by atoms with Gasteiger partial charge in [0.1, 0.15) is 5.78 Å². The number of aromatic carboxylic acids is 1. The van der Waals surface area contributed by atoms with Crippen molar-refractivity contribution in [2.75, 3.05) is 0 Å². The average molecular weight is 241 g/mol. The molecule has 1 N–H and O–H groups in total. The van der Waals surface area contributed by atoms with Gasteiger partial charge in [0.15, 0.2) is 5.78 Å². The van der Waals surface area contributed by atoms with Crippen molar-refractivity contribution in [3.63, 3.8) is 0 Å². The van der Waals surface area contributed by atoms with Gasteiger partial charge in [-0.3, -0.25) is 9.59 Å². The first-order chi connectivity index (χ1) is 7.41. The molecular weight excluding hydrogens is 232 g/mol. The van der Waals surface area contributed by atoms with Gasteiger partial charge in [0, 0.05) is 5.56 Å². The maximum absolute atomic E-state index is 11.5. The van der Waals surface area contributed by atoms with Gasteiger partial charge in [-0.1, -0.05) is 11.6 Å². The second kappa shape index (κ2) is 4.90. The molecule has 0 heterocycles. The molecule has 0 amide bonds. The van der Waals surface area contributed by atoms with Crippen LogP contribution in [0.5, 0.6) is 0 Å². The zero-order chi connectivity index (χ0) is 12.3. The van der Waals surface area contributed by atoms with Crippen molar-refractivity contribution >= 4 is 29.1 Å². The lowest BCUT2D eigenvalue weighted by Crippen LogP contribution is -2.06. The van der Waals surface area contributed by atoms with E-state index in [1.54, 1.807) is 0 Å². The van der Waals surface area contributed by atoms with Crippen molar-refractivity contribution in [1.29, 1.82) is 0 Å². The summed E-state index contributed by atoms with van der Waals surface area (Å²) in [5, 5.41) is 8.73. The number of benzene rings is 1. The van der Waals surface area contributed by atoms with Crippen LogP contribution in [-0.2, 0) is 4.79 Å². The molecule has 0 atom stereocenters. The molecule has 0 radical (unpaired) electrons. The monoisotopic (exact) mass is 240 g/mol. The molecule has 4 nitrogen and oxygen atoms in total. The third-order valence-electron chi connectivity index (χ3n) is 1.93. The summed E-state index contributed by atoms with van der Waals surface area (Å²) in [5.74, 6) is -1.79. The maximum atomic E-state index is 11.5. The van der Waals surface area contributed by atoms with Crippen LogP contribution in [0.4, 0.5) is 0 Å². The molecule has 0 saturated carbocycles. The Kier molecular flexibility index (Phi) is 3.79. The summed E-state index contributed by atoms with van der Waals surface area (Å²) < 4.78 is 0. The van der Waals surface area contributed by atoms with E-state index in [2.05, 4.69) is 0 Å². The smallest absolute Gasteiger partial charge is 0.335 e. The van der Waals surface area contributed by atoms with Gasteiger partial charge in [-0.2, -0.15) is 0 Å². The first kappa shape index (κ1) is 12.4. The highest BCUT2D eigenvalue weighted by atomic mass is 35.5. The number of Topliss-reactive ketones (excluding diaryl/α,β-unsaturated/α-hetero) is 2. The number of carboxylic acids is 1. The molecule has 1 rings (SSSR count). The van der Waals surface area contributed by atoms with Gasteiger partial charge in [0.05, 0.1) is 17.0 Å². The SMILES string of the molecule is CC(=O)CC(=O)c1ccc(C(=O)O)cc1Cl. The van der Waals surface area contributed by atoms with Crippen molar-refractivity contribution in [2.45, 2.75) is 13.3 Å². The van der Waals surface area contributed by atoms with Crippen molar-refractivity contribution in [3.8, 4) is 0 Å². The second-order valence-corrected chi connectivity index (χ2v) is 3.71. The van der Waals surface area contributed by atoms with Gasteiger partial charge in [0.25, 0.3) is 0 Å². The number of hydrogen-bond acceptors (Lipinski definition) is 3. The fourth-order valence-corrected chi connectivity index (χ4v) is 1.48. The Hall–Kier alpha value is -1.68. The highest BCUT2D eigenvalue weighted by Crippen LogP contribution is 2.19. The van der Waals surface area contributed by atoms with E-state index >= 15 is 0 Å². The summed E-state index contributed by atoms with van der Waals surface area (Å²) in [6, 6.07) is 3.79. The zero-order valence-corrected chi connectivity index (χ0v) is 9.25. The first-order valence-electron chi connectivity index (χ1n) is 4.47. The van der Waals surface area contributed by atoms with E-state index in [4.69, 9.17) is 16.7 Å². The molecule has 16 heavy (non-hydrogen) atoms. The fraction of sp³-hybridized carbons (Fsp3) is 0.182. The predicted octanol–water partition coefficient (Wildman–Crippen LogP) is 2.20.